The van der Waals surface area contributed by atoms with Crippen molar-refractivity contribution in [2.45, 2.75) is 16.6 Å². The maximum absolute atomic E-state index is 13.2. The Kier molecular flexibility index (Phi) is 6.05. The van der Waals surface area contributed by atoms with E-state index in [4.69, 9.17) is 21.1 Å². The van der Waals surface area contributed by atoms with E-state index in [1.165, 1.54) is 23.5 Å². The Morgan fingerprint density at radius 3 is 2.69 bits per heavy atom. The molecule has 0 saturated heterocycles. The van der Waals surface area contributed by atoms with Gasteiger partial charge in [-0.15, -0.1) is 22.9 Å². The number of rotatable bonds is 7. The van der Waals surface area contributed by atoms with Gasteiger partial charge >= 0.3 is 0 Å². The number of alkyl halides is 1. The van der Waals surface area contributed by atoms with Crippen LogP contribution in [0.1, 0.15) is 16.5 Å². The lowest BCUT2D eigenvalue weighted by Gasteiger charge is -2.21. The number of thiophene rings is 1. The second kappa shape index (κ2) is 8.28. The quantitative estimate of drug-likeness (QED) is 0.703. The van der Waals surface area contributed by atoms with Gasteiger partial charge in [-0.3, -0.25) is 4.79 Å². The van der Waals surface area contributed by atoms with Gasteiger partial charge in [-0.1, -0.05) is 6.07 Å². The predicted octanol–water partition coefficient (Wildman–Crippen LogP) is 2.78. The number of sulfone groups is 1. The Balaban J connectivity index is 1.90. The van der Waals surface area contributed by atoms with Crippen LogP contribution in [-0.2, 0) is 14.6 Å². The van der Waals surface area contributed by atoms with E-state index in [0.717, 1.165) is 0 Å². The number of ether oxygens (including phenoxy) is 2. The summed E-state index contributed by atoms with van der Waals surface area (Å²) in [6.45, 7) is 0.788. The Hall–Kier alpha value is -1.77. The van der Waals surface area contributed by atoms with Gasteiger partial charge in [0.15, 0.2) is 21.3 Å². The van der Waals surface area contributed by atoms with Gasteiger partial charge in [0.25, 0.3) is 0 Å². The number of carbonyl (C=O) groups excluding carboxylic acids is 1. The minimum Gasteiger partial charge on any atom is -0.486 e. The number of nitrogens with one attached hydrogen (secondary N) is 1. The molecule has 6 nitrogen and oxygen atoms in total. The molecule has 0 saturated carbocycles. The average Bonchev–Trinajstić information content (AvgIpc) is 3.15. The largest absolute Gasteiger partial charge is 0.486 e. The lowest BCUT2D eigenvalue weighted by molar-refractivity contribution is -0.120. The Bertz CT molecular complexity index is 867. The first kappa shape index (κ1) is 19.0. The van der Waals surface area contributed by atoms with Gasteiger partial charge in [0, 0.05) is 29.8 Å². The van der Waals surface area contributed by atoms with E-state index in [1.54, 1.807) is 18.2 Å². The minimum atomic E-state index is -3.74. The van der Waals surface area contributed by atoms with Crippen LogP contribution in [0.4, 0.5) is 0 Å². The molecule has 1 aromatic heterocycles. The van der Waals surface area contributed by atoms with Crippen LogP contribution in [0.5, 0.6) is 11.5 Å². The third-order valence-corrected chi connectivity index (χ3v) is 7.29. The minimum absolute atomic E-state index is 0.0208. The van der Waals surface area contributed by atoms with Crippen LogP contribution < -0.4 is 14.8 Å². The molecule has 0 aliphatic carbocycles. The molecular formula is C17H18ClNO5S2. The van der Waals surface area contributed by atoms with Crippen molar-refractivity contribution in [1.82, 2.24) is 5.32 Å². The van der Waals surface area contributed by atoms with Crippen LogP contribution in [0.2, 0.25) is 0 Å². The molecule has 1 aliphatic rings. The van der Waals surface area contributed by atoms with E-state index < -0.39 is 15.1 Å². The fourth-order valence-electron chi connectivity index (χ4n) is 2.58. The Labute approximate surface area is 161 Å². The van der Waals surface area contributed by atoms with E-state index in [1.807, 2.05) is 5.38 Å². The predicted molar refractivity (Wildman–Crippen MR) is 100 cm³/mol. The number of halogens is 1. The van der Waals surface area contributed by atoms with E-state index in [0.29, 0.717) is 29.6 Å². The number of carbonyl (C=O) groups is 1. The summed E-state index contributed by atoms with van der Waals surface area (Å²) in [6, 6.07) is 8.11. The van der Waals surface area contributed by atoms with Gasteiger partial charge in [0.2, 0.25) is 5.91 Å². The molecule has 0 bridgehead atoms. The summed E-state index contributed by atoms with van der Waals surface area (Å²) in [5.41, 5.74) is 0. The summed E-state index contributed by atoms with van der Waals surface area (Å²) in [5.74, 6) is 0.843. The molecule has 0 spiro atoms. The molecule has 1 amide bonds. The average molecular weight is 416 g/mol. The fourth-order valence-corrected chi connectivity index (χ4v) is 5.55. The highest BCUT2D eigenvalue weighted by atomic mass is 35.5. The Morgan fingerprint density at radius 1 is 1.23 bits per heavy atom. The second-order valence-electron chi connectivity index (χ2n) is 5.60. The van der Waals surface area contributed by atoms with E-state index in [2.05, 4.69) is 5.32 Å². The zero-order valence-corrected chi connectivity index (χ0v) is 16.2. The lowest BCUT2D eigenvalue weighted by atomic mass is 10.3. The topological polar surface area (TPSA) is 81.7 Å². The van der Waals surface area contributed by atoms with Crippen molar-refractivity contribution >= 4 is 38.7 Å². The third-order valence-electron chi connectivity index (χ3n) is 3.88. The summed E-state index contributed by atoms with van der Waals surface area (Å²) < 4.78 is 37.4. The molecule has 3 rings (SSSR count). The highest BCUT2D eigenvalue weighted by Gasteiger charge is 2.31. The summed E-state index contributed by atoms with van der Waals surface area (Å²) in [6.07, 6.45) is 0.142. The molecule has 1 atom stereocenters. The van der Waals surface area contributed by atoms with Gasteiger partial charge in [-0.2, -0.15) is 0 Å². The molecule has 1 N–H and O–H groups in total. The number of fused-ring (bicyclic) bond motifs is 1. The molecule has 140 valence electrons. The summed E-state index contributed by atoms with van der Waals surface area (Å²) in [5, 5.41) is 3.58. The SMILES string of the molecule is O=C(CCCl)NC[C@H](c1cccs1)S(=O)(=O)c1ccc2c(c1)OCCO2. The standard InChI is InChI=1S/C17H18ClNO5S2/c18-6-5-17(20)19-11-16(15-2-1-9-25-15)26(21,22)12-3-4-13-14(10-12)24-8-7-23-13/h1-4,9-10,16H,5-8,11H2,(H,19,20)/t16-/m1/s1. The van der Waals surface area contributed by atoms with Gasteiger partial charge < -0.3 is 14.8 Å². The first-order valence-electron chi connectivity index (χ1n) is 8.02. The first-order chi connectivity index (χ1) is 12.5. The smallest absolute Gasteiger partial charge is 0.221 e. The summed E-state index contributed by atoms with van der Waals surface area (Å²) >= 11 is 6.90. The second-order valence-corrected chi connectivity index (χ2v) is 9.09. The molecule has 1 aliphatic heterocycles. The fraction of sp³-hybridized carbons (Fsp3) is 0.353. The molecule has 0 radical (unpaired) electrons. The highest BCUT2D eigenvalue weighted by Crippen LogP contribution is 2.37. The summed E-state index contributed by atoms with van der Waals surface area (Å²) in [7, 11) is -3.74. The van der Waals surface area contributed by atoms with Crippen LogP contribution in [0.15, 0.2) is 40.6 Å². The van der Waals surface area contributed by atoms with Crippen LogP contribution in [-0.4, -0.2) is 40.0 Å². The van der Waals surface area contributed by atoms with Crippen molar-refractivity contribution in [2.24, 2.45) is 0 Å². The number of benzene rings is 1. The third kappa shape index (κ3) is 4.13. The van der Waals surface area contributed by atoms with Gasteiger partial charge in [-0.25, -0.2) is 8.42 Å². The monoisotopic (exact) mass is 415 g/mol. The van der Waals surface area contributed by atoms with E-state index in [-0.39, 0.29) is 29.6 Å². The number of hydrogen-bond donors (Lipinski definition) is 1. The van der Waals surface area contributed by atoms with E-state index >= 15 is 0 Å². The molecule has 2 heterocycles. The number of amides is 1. The van der Waals surface area contributed by atoms with Crippen molar-refractivity contribution in [2.75, 3.05) is 25.6 Å². The van der Waals surface area contributed by atoms with Crippen molar-refractivity contribution in [3.8, 4) is 11.5 Å². The first-order valence-corrected chi connectivity index (χ1v) is 11.0. The lowest BCUT2D eigenvalue weighted by Crippen LogP contribution is -2.31. The zero-order chi connectivity index (χ0) is 18.6. The Morgan fingerprint density at radius 2 is 2.00 bits per heavy atom. The molecule has 1 aromatic carbocycles. The van der Waals surface area contributed by atoms with Crippen LogP contribution >= 0.6 is 22.9 Å². The normalized spacial score (nSPS) is 14.7. The molecule has 2 aromatic rings. The van der Waals surface area contributed by atoms with E-state index in [9.17, 15) is 13.2 Å². The summed E-state index contributed by atoms with van der Waals surface area (Å²) in [4.78, 5) is 12.5. The van der Waals surface area contributed by atoms with Crippen LogP contribution in [0.3, 0.4) is 0 Å². The van der Waals surface area contributed by atoms with Crippen LogP contribution in [0, 0.1) is 0 Å². The molecule has 0 unspecified atom stereocenters. The highest BCUT2D eigenvalue weighted by molar-refractivity contribution is 7.91. The van der Waals surface area contributed by atoms with Crippen molar-refractivity contribution in [3.63, 3.8) is 0 Å². The van der Waals surface area contributed by atoms with Crippen molar-refractivity contribution in [3.05, 3.63) is 40.6 Å². The molecule has 0 fully saturated rings. The van der Waals surface area contributed by atoms with Crippen LogP contribution in [0.25, 0.3) is 0 Å². The van der Waals surface area contributed by atoms with Gasteiger partial charge in [-0.05, 0) is 23.6 Å². The zero-order valence-electron chi connectivity index (χ0n) is 13.8. The molecule has 26 heavy (non-hydrogen) atoms. The van der Waals surface area contributed by atoms with Gasteiger partial charge in [0.05, 0.1) is 4.90 Å². The molecule has 9 heteroatoms. The maximum Gasteiger partial charge on any atom is 0.221 e. The maximum atomic E-state index is 13.2. The van der Waals surface area contributed by atoms with Crippen molar-refractivity contribution < 1.29 is 22.7 Å². The van der Waals surface area contributed by atoms with Gasteiger partial charge in [0.1, 0.15) is 18.5 Å². The molecular weight excluding hydrogens is 398 g/mol. The van der Waals surface area contributed by atoms with Crippen molar-refractivity contribution in [1.29, 1.82) is 0 Å². The number of hydrogen-bond acceptors (Lipinski definition) is 6.